The molecule has 1 heterocycles. The number of likely N-dealkylation sites (tertiary alicyclic amines) is 1. The van der Waals surface area contributed by atoms with Gasteiger partial charge in [-0.3, -0.25) is 9.59 Å². The van der Waals surface area contributed by atoms with Crippen LogP contribution in [0.3, 0.4) is 0 Å². The molecule has 0 aromatic heterocycles. The number of carbonyl (C=O) groups is 2. The molecule has 1 aliphatic rings. The number of rotatable bonds is 6. The Morgan fingerprint density at radius 3 is 2.33 bits per heavy atom. The lowest BCUT2D eigenvalue weighted by molar-refractivity contribution is -0.140. The number of ketones is 1. The van der Waals surface area contributed by atoms with Crippen LogP contribution >= 0.6 is 0 Å². The molecule has 0 bridgehead atoms. The number of carbonyl (C=O) groups excluding carboxylic acids is 2. The van der Waals surface area contributed by atoms with E-state index in [1.807, 2.05) is 19.1 Å². The van der Waals surface area contributed by atoms with Crippen LogP contribution in [0.2, 0.25) is 0 Å². The molecule has 1 saturated heterocycles. The molecule has 2 aromatic rings. The summed E-state index contributed by atoms with van der Waals surface area (Å²) in [6.45, 7) is 3.35. The van der Waals surface area contributed by atoms with Gasteiger partial charge in [-0.15, -0.1) is 0 Å². The lowest BCUT2D eigenvalue weighted by atomic mass is 9.94. The molecule has 2 N–H and O–H groups in total. The number of hydrogen-bond donors (Lipinski definition) is 2. The molecular weight excluding hydrogens is 386 g/mol. The zero-order chi connectivity index (χ0) is 22.0. The van der Waals surface area contributed by atoms with Gasteiger partial charge in [-0.1, -0.05) is 29.8 Å². The predicted molar refractivity (Wildman–Crippen MR) is 111 cm³/mol. The summed E-state index contributed by atoms with van der Waals surface area (Å²) in [5, 5.41) is 21.0. The number of nitrogens with zero attached hydrogens (tertiary/aromatic N) is 1. The predicted octanol–water partition coefficient (Wildman–Crippen LogP) is 2.81. The first-order chi connectivity index (χ1) is 14.3. The smallest absolute Gasteiger partial charge is 0.295 e. The van der Waals surface area contributed by atoms with Crippen molar-refractivity contribution < 1.29 is 29.3 Å². The second-order valence-corrected chi connectivity index (χ2v) is 7.27. The Hall–Kier alpha value is -3.32. The number of β-amino-alcohol motifs (C(OH)–C–C–N with tert-alkyl or cyclic N) is 1. The van der Waals surface area contributed by atoms with Gasteiger partial charge in [0.2, 0.25) is 0 Å². The summed E-state index contributed by atoms with van der Waals surface area (Å²) in [4.78, 5) is 27.0. The van der Waals surface area contributed by atoms with Gasteiger partial charge in [-0.25, -0.2) is 0 Å². The number of Topliss-reactive ketones (excluding diaryl/α,β-unsaturated/α-hetero) is 1. The number of amides is 1. The van der Waals surface area contributed by atoms with Crippen LogP contribution in [-0.2, 0) is 9.59 Å². The Bertz CT molecular complexity index is 993. The largest absolute Gasteiger partial charge is 0.507 e. The Morgan fingerprint density at radius 2 is 1.77 bits per heavy atom. The Balaban J connectivity index is 2.27. The number of benzene rings is 2. The summed E-state index contributed by atoms with van der Waals surface area (Å²) >= 11 is 0. The first-order valence-corrected chi connectivity index (χ1v) is 9.54. The van der Waals surface area contributed by atoms with E-state index in [4.69, 9.17) is 9.47 Å². The monoisotopic (exact) mass is 411 g/mol. The van der Waals surface area contributed by atoms with Crippen molar-refractivity contribution in [2.75, 3.05) is 20.8 Å². The first kappa shape index (κ1) is 21.4. The molecule has 30 heavy (non-hydrogen) atoms. The molecule has 1 fully saturated rings. The van der Waals surface area contributed by atoms with Crippen molar-refractivity contribution in [3.8, 4) is 11.5 Å². The van der Waals surface area contributed by atoms with E-state index in [0.29, 0.717) is 22.6 Å². The maximum Gasteiger partial charge on any atom is 0.295 e. The van der Waals surface area contributed by atoms with E-state index < -0.39 is 23.8 Å². The molecule has 0 saturated carbocycles. The van der Waals surface area contributed by atoms with Crippen LogP contribution in [-0.4, -0.2) is 53.7 Å². The molecule has 0 unspecified atom stereocenters. The molecule has 7 heteroatoms. The Labute approximate surface area is 175 Å². The minimum Gasteiger partial charge on any atom is -0.507 e. The van der Waals surface area contributed by atoms with E-state index in [-0.39, 0.29) is 17.9 Å². The van der Waals surface area contributed by atoms with Gasteiger partial charge in [0.1, 0.15) is 17.3 Å². The highest BCUT2D eigenvalue weighted by molar-refractivity contribution is 6.46. The number of hydrogen-bond acceptors (Lipinski definition) is 6. The van der Waals surface area contributed by atoms with Crippen LogP contribution in [0.15, 0.2) is 48.0 Å². The fourth-order valence-corrected chi connectivity index (χ4v) is 3.60. The highest BCUT2D eigenvalue weighted by atomic mass is 16.5. The van der Waals surface area contributed by atoms with E-state index in [1.54, 1.807) is 30.3 Å². The fraction of sp³-hybridized carbons (Fsp3) is 0.304. The van der Waals surface area contributed by atoms with Gasteiger partial charge in [0, 0.05) is 17.7 Å². The van der Waals surface area contributed by atoms with Crippen LogP contribution in [0.5, 0.6) is 11.5 Å². The Morgan fingerprint density at radius 1 is 1.10 bits per heavy atom. The van der Waals surface area contributed by atoms with Crippen molar-refractivity contribution >= 4 is 17.4 Å². The summed E-state index contributed by atoms with van der Waals surface area (Å²) in [5.74, 6) is -0.962. The SMILES string of the molecule is COc1ccc(OC)c([C@H]2C(=C(O)c3ccc(C)cc3)C(=O)C(=O)N2C[C@@H](C)O)c1. The fourth-order valence-electron chi connectivity index (χ4n) is 3.60. The van der Waals surface area contributed by atoms with Gasteiger partial charge < -0.3 is 24.6 Å². The molecule has 0 spiro atoms. The molecule has 1 amide bonds. The second-order valence-electron chi connectivity index (χ2n) is 7.27. The van der Waals surface area contributed by atoms with Gasteiger partial charge in [-0.2, -0.15) is 0 Å². The Kier molecular flexibility index (Phi) is 6.12. The first-order valence-electron chi connectivity index (χ1n) is 9.54. The molecule has 1 aliphatic heterocycles. The number of aryl methyl sites for hydroxylation is 1. The van der Waals surface area contributed by atoms with Gasteiger partial charge in [0.15, 0.2) is 0 Å². The standard InChI is InChI=1S/C23H25NO6/c1-13-5-7-15(8-6-13)21(26)19-20(24(12-14(2)25)23(28)22(19)27)17-11-16(29-3)9-10-18(17)30-4/h5-11,14,20,25-26H,12H2,1-4H3/t14-,20+/m1/s1. The van der Waals surface area contributed by atoms with Crippen molar-refractivity contribution in [2.45, 2.75) is 26.0 Å². The summed E-state index contributed by atoms with van der Waals surface area (Å²) in [7, 11) is 2.98. The van der Waals surface area contributed by atoms with Crippen molar-refractivity contribution in [1.29, 1.82) is 0 Å². The quantitative estimate of drug-likeness (QED) is 0.431. The molecule has 7 nitrogen and oxygen atoms in total. The zero-order valence-corrected chi connectivity index (χ0v) is 17.4. The minimum atomic E-state index is -0.939. The van der Waals surface area contributed by atoms with Crippen molar-refractivity contribution in [3.05, 3.63) is 64.7 Å². The normalized spacial score (nSPS) is 19.1. The topological polar surface area (TPSA) is 96.3 Å². The molecule has 0 aliphatic carbocycles. The minimum absolute atomic E-state index is 0.0592. The van der Waals surface area contributed by atoms with E-state index in [2.05, 4.69) is 0 Å². The third-order valence-corrected chi connectivity index (χ3v) is 5.06. The molecule has 2 aromatic carbocycles. The van der Waals surface area contributed by atoms with Crippen molar-refractivity contribution in [1.82, 2.24) is 4.90 Å². The van der Waals surface area contributed by atoms with E-state index in [9.17, 15) is 19.8 Å². The van der Waals surface area contributed by atoms with E-state index in [0.717, 1.165) is 5.56 Å². The van der Waals surface area contributed by atoms with Crippen LogP contribution < -0.4 is 9.47 Å². The van der Waals surface area contributed by atoms with Crippen molar-refractivity contribution in [3.63, 3.8) is 0 Å². The maximum absolute atomic E-state index is 13.0. The molecular formula is C23H25NO6. The third kappa shape index (κ3) is 3.89. The number of aliphatic hydroxyl groups excluding tert-OH is 2. The van der Waals surface area contributed by atoms with Crippen LogP contribution in [0.1, 0.15) is 29.7 Å². The summed E-state index contributed by atoms with van der Waals surface area (Å²) in [6.07, 6.45) is -0.873. The maximum atomic E-state index is 13.0. The highest BCUT2D eigenvalue weighted by Crippen LogP contribution is 2.43. The molecule has 0 radical (unpaired) electrons. The number of methoxy groups -OCH3 is 2. The third-order valence-electron chi connectivity index (χ3n) is 5.06. The van der Waals surface area contributed by atoms with Gasteiger partial charge >= 0.3 is 0 Å². The summed E-state index contributed by atoms with van der Waals surface area (Å²) in [6, 6.07) is 11.1. The molecule has 158 valence electrons. The van der Waals surface area contributed by atoms with E-state index in [1.165, 1.54) is 26.0 Å². The van der Waals surface area contributed by atoms with Crippen LogP contribution in [0.4, 0.5) is 0 Å². The molecule has 2 atom stereocenters. The van der Waals surface area contributed by atoms with Crippen molar-refractivity contribution in [2.24, 2.45) is 0 Å². The van der Waals surface area contributed by atoms with Gasteiger partial charge in [0.05, 0.1) is 31.9 Å². The second kappa shape index (κ2) is 8.59. The number of aliphatic hydroxyl groups is 2. The van der Waals surface area contributed by atoms with Crippen LogP contribution in [0, 0.1) is 6.92 Å². The average Bonchev–Trinajstić information content (AvgIpc) is 2.97. The lowest BCUT2D eigenvalue weighted by Gasteiger charge is -2.27. The molecule has 3 rings (SSSR count). The average molecular weight is 411 g/mol. The highest BCUT2D eigenvalue weighted by Gasteiger charge is 2.47. The lowest BCUT2D eigenvalue weighted by Crippen LogP contribution is -2.35. The van der Waals surface area contributed by atoms with Crippen LogP contribution in [0.25, 0.3) is 5.76 Å². The van der Waals surface area contributed by atoms with Gasteiger partial charge in [-0.05, 0) is 32.0 Å². The number of ether oxygens (including phenoxy) is 2. The van der Waals surface area contributed by atoms with Gasteiger partial charge in [0.25, 0.3) is 11.7 Å². The summed E-state index contributed by atoms with van der Waals surface area (Å²) < 4.78 is 10.8. The van der Waals surface area contributed by atoms with E-state index >= 15 is 0 Å². The summed E-state index contributed by atoms with van der Waals surface area (Å²) in [5.41, 5.74) is 1.83. The zero-order valence-electron chi connectivity index (χ0n) is 17.4.